The Morgan fingerprint density at radius 2 is 1.89 bits per heavy atom. The summed E-state index contributed by atoms with van der Waals surface area (Å²) in [6, 6.07) is 13.3. The molecule has 1 aliphatic heterocycles. The smallest absolute Gasteiger partial charge is 0.0668 e. The lowest BCUT2D eigenvalue weighted by atomic mass is 10.1. The Balaban J connectivity index is 1.69. The molecule has 2 aromatic rings. The van der Waals surface area contributed by atoms with Crippen molar-refractivity contribution in [1.29, 1.82) is 0 Å². The molecule has 3 heteroatoms. The molecule has 0 aliphatic carbocycles. The number of piperidine rings is 1. The van der Waals surface area contributed by atoms with Crippen LogP contribution in [-0.2, 0) is 6.42 Å². The summed E-state index contributed by atoms with van der Waals surface area (Å²) in [5.74, 6) is 0. The third-order valence-electron chi connectivity index (χ3n) is 3.57. The Kier molecular flexibility index (Phi) is 3.42. The van der Waals surface area contributed by atoms with Gasteiger partial charge in [0, 0.05) is 12.6 Å². The van der Waals surface area contributed by atoms with Crippen LogP contribution in [0.3, 0.4) is 0 Å². The van der Waals surface area contributed by atoms with Crippen molar-refractivity contribution in [2.45, 2.75) is 25.3 Å². The van der Waals surface area contributed by atoms with Crippen LogP contribution in [0.4, 0.5) is 0 Å². The van der Waals surface area contributed by atoms with Crippen LogP contribution in [0.5, 0.6) is 0 Å². The summed E-state index contributed by atoms with van der Waals surface area (Å²) in [6.45, 7) is 2.22. The minimum Gasteiger partial charge on any atom is -0.317 e. The summed E-state index contributed by atoms with van der Waals surface area (Å²) >= 11 is 0. The Morgan fingerprint density at radius 1 is 1.11 bits per heavy atom. The van der Waals surface area contributed by atoms with Gasteiger partial charge >= 0.3 is 0 Å². The number of hydrogen-bond acceptors (Lipinski definition) is 2. The SMILES string of the molecule is c1ccc(Cc2ccn(C3CCNCC3)n2)cc1. The van der Waals surface area contributed by atoms with E-state index >= 15 is 0 Å². The zero-order valence-electron chi connectivity index (χ0n) is 10.5. The molecule has 3 rings (SSSR count). The third-order valence-corrected chi connectivity index (χ3v) is 3.57. The lowest BCUT2D eigenvalue weighted by molar-refractivity contribution is 0.342. The molecule has 0 unspecified atom stereocenters. The molecule has 0 amide bonds. The number of aromatic nitrogens is 2. The molecule has 0 radical (unpaired) electrons. The van der Waals surface area contributed by atoms with Gasteiger partial charge in [-0.1, -0.05) is 30.3 Å². The molecule has 0 spiro atoms. The van der Waals surface area contributed by atoms with Gasteiger partial charge < -0.3 is 5.32 Å². The molecular weight excluding hydrogens is 222 g/mol. The molecular formula is C15H19N3. The first-order valence-corrected chi connectivity index (χ1v) is 6.70. The van der Waals surface area contributed by atoms with E-state index in [2.05, 4.69) is 52.6 Å². The summed E-state index contributed by atoms with van der Waals surface area (Å²) in [5, 5.41) is 8.11. The molecule has 1 N–H and O–H groups in total. The van der Waals surface area contributed by atoms with Crippen LogP contribution in [0, 0.1) is 0 Å². The first-order chi connectivity index (χ1) is 8.92. The number of nitrogens with zero attached hydrogens (tertiary/aromatic N) is 2. The molecule has 1 aromatic carbocycles. The zero-order valence-corrected chi connectivity index (χ0v) is 10.5. The van der Waals surface area contributed by atoms with Gasteiger partial charge in [0.1, 0.15) is 0 Å². The molecule has 0 saturated carbocycles. The maximum atomic E-state index is 4.72. The van der Waals surface area contributed by atoms with Crippen molar-refractivity contribution in [2.75, 3.05) is 13.1 Å². The normalized spacial score (nSPS) is 16.9. The van der Waals surface area contributed by atoms with Gasteiger partial charge in [0.05, 0.1) is 11.7 Å². The fraction of sp³-hybridized carbons (Fsp3) is 0.400. The second-order valence-corrected chi connectivity index (χ2v) is 4.93. The van der Waals surface area contributed by atoms with Crippen LogP contribution in [0.1, 0.15) is 30.1 Å². The number of nitrogens with one attached hydrogen (secondary N) is 1. The highest BCUT2D eigenvalue weighted by molar-refractivity contribution is 5.20. The van der Waals surface area contributed by atoms with Gasteiger partial charge in [-0.15, -0.1) is 0 Å². The van der Waals surface area contributed by atoms with E-state index in [1.807, 2.05) is 0 Å². The average molecular weight is 241 g/mol. The van der Waals surface area contributed by atoms with Crippen LogP contribution in [0.2, 0.25) is 0 Å². The van der Waals surface area contributed by atoms with E-state index in [4.69, 9.17) is 5.10 Å². The first kappa shape index (κ1) is 11.5. The Bertz CT molecular complexity index is 483. The van der Waals surface area contributed by atoms with Crippen molar-refractivity contribution in [3.05, 3.63) is 53.9 Å². The molecule has 1 saturated heterocycles. The monoisotopic (exact) mass is 241 g/mol. The first-order valence-electron chi connectivity index (χ1n) is 6.70. The second-order valence-electron chi connectivity index (χ2n) is 4.93. The van der Waals surface area contributed by atoms with Gasteiger partial charge in [-0.25, -0.2) is 0 Å². The van der Waals surface area contributed by atoms with Crippen molar-refractivity contribution in [1.82, 2.24) is 15.1 Å². The average Bonchev–Trinajstić information content (AvgIpc) is 2.89. The minimum absolute atomic E-state index is 0.579. The van der Waals surface area contributed by atoms with E-state index in [0.29, 0.717) is 6.04 Å². The summed E-state index contributed by atoms with van der Waals surface area (Å²) in [7, 11) is 0. The van der Waals surface area contributed by atoms with E-state index in [1.54, 1.807) is 0 Å². The van der Waals surface area contributed by atoms with E-state index < -0.39 is 0 Å². The van der Waals surface area contributed by atoms with Crippen LogP contribution in [0.25, 0.3) is 0 Å². The molecule has 1 aromatic heterocycles. The summed E-state index contributed by atoms with van der Waals surface area (Å²) in [5.41, 5.74) is 2.49. The topological polar surface area (TPSA) is 29.9 Å². The molecule has 1 aliphatic rings. The van der Waals surface area contributed by atoms with E-state index in [9.17, 15) is 0 Å². The van der Waals surface area contributed by atoms with Crippen molar-refractivity contribution in [3.63, 3.8) is 0 Å². The van der Waals surface area contributed by atoms with E-state index in [0.717, 1.165) is 19.5 Å². The van der Waals surface area contributed by atoms with E-state index in [1.165, 1.54) is 24.1 Å². The molecule has 0 atom stereocenters. The Hall–Kier alpha value is -1.61. The van der Waals surface area contributed by atoms with Crippen molar-refractivity contribution < 1.29 is 0 Å². The van der Waals surface area contributed by atoms with E-state index in [-0.39, 0.29) is 0 Å². The number of rotatable bonds is 3. The summed E-state index contributed by atoms with van der Waals surface area (Å²) < 4.78 is 2.15. The van der Waals surface area contributed by atoms with Gasteiger partial charge in [-0.2, -0.15) is 5.10 Å². The van der Waals surface area contributed by atoms with Gasteiger partial charge in [0.2, 0.25) is 0 Å². The second kappa shape index (κ2) is 5.36. The van der Waals surface area contributed by atoms with Crippen LogP contribution in [0.15, 0.2) is 42.6 Å². The van der Waals surface area contributed by atoms with Crippen molar-refractivity contribution in [3.8, 4) is 0 Å². The van der Waals surface area contributed by atoms with Gasteiger partial charge in [0.15, 0.2) is 0 Å². The molecule has 0 bridgehead atoms. The quantitative estimate of drug-likeness (QED) is 0.894. The summed E-state index contributed by atoms with van der Waals surface area (Å²) in [6.07, 6.45) is 5.44. The molecule has 18 heavy (non-hydrogen) atoms. The fourth-order valence-electron chi connectivity index (χ4n) is 2.55. The molecule has 3 nitrogen and oxygen atoms in total. The van der Waals surface area contributed by atoms with Crippen molar-refractivity contribution >= 4 is 0 Å². The summed E-state index contributed by atoms with van der Waals surface area (Å²) in [4.78, 5) is 0. The molecule has 1 fully saturated rings. The highest BCUT2D eigenvalue weighted by Gasteiger charge is 2.15. The molecule has 94 valence electrons. The van der Waals surface area contributed by atoms with Crippen LogP contribution < -0.4 is 5.32 Å². The predicted octanol–water partition coefficient (Wildman–Crippen LogP) is 2.40. The Morgan fingerprint density at radius 3 is 2.67 bits per heavy atom. The highest BCUT2D eigenvalue weighted by atomic mass is 15.3. The third kappa shape index (κ3) is 2.62. The van der Waals surface area contributed by atoms with Gasteiger partial charge in [-0.3, -0.25) is 4.68 Å². The largest absolute Gasteiger partial charge is 0.317 e. The zero-order chi connectivity index (χ0) is 12.2. The lowest BCUT2D eigenvalue weighted by Crippen LogP contribution is -2.29. The van der Waals surface area contributed by atoms with Gasteiger partial charge in [0.25, 0.3) is 0 Å². The molecule has 2 heterocycles. The van der Waals surface area contributed by atoms with Crippen LogP contribution >= 0.6 is 0 Å². The lowest BCUT2D eigenvalue weighted by Gasteiger charge is -2.22. The van der Waals surface area contributed by atoms with Crippen LogP contribution in [-0.4, -0.2) is 22.9 Å². The minimum atomic E-state index is 0.579. The van der Waals surface area contributed by atoms with Crippen molar-refractivity contribution in [2.24, 2.45) is 0 Å². The number of hydrogen-bond donors (Lipinski definition) is 1. The predicted molar refractivity (Wildman–Crippen MR) is 72.6 cm³/mol. The standard InChI is InChI=1S/C15H19N3/c1-2-4-13(5-3-1)12-14-8-11-18(17-14)15-6-9-16-10-7-15/h1-5,8,11,15-16H,6-7,9-10,12H2. The number of benzene rings is 1. The Labute approximate surface area is 108 Å². The van der Waals surface area contributed by atoms with Gasteiger partial charge in [-0.05, 0) is 37.6 Å². The highest BCUT2D eigenvalue weighted by Crippen LogP contribution is 2.18. The fourth-order valence-corrected chi connectivity index (χ4v) is 2.55. The maximum Gasteiger partial charge on any atom is 0.0668 e. The maximum absolute atomic E-state index is 4.72.